The molecule has 1 aromatic rings. The van der Waals surface area contributed by atoms with Crippen LogP contribution in [-0.4, -0.2) is 40.0 Å². The minimum absolute atomic E-state index is 0.229. The third kappa shape index (κ3) is 3.60. The number of aliphatic hydroxyl groups is 2. The molecular weight excluding hydrogens is 444 g/mol. The van der Waals surface area contributed by atoms with E-state index in [0.717, 1.165) is 0 Å². The van der Waals surface area contributed by atoms with Crippen LogP contribution in [-0.2, 0) is 11.2 Å². The van der Waals surface area contributed by atoms with E-state index in [-0.39, 0.29) is 18.2 Å². The van der Waals surface area contributed by atoms with Crippen LogP contribution in [0.3, 0.4) is 0 Å². The summed E-state index contributed by atoms with van der Waals surface area (Å²) >= 11 is 0. The van der Waals surface area contributed by atoms with Crippen molar-refractivity contribution in [2.45, 2.75) is 35.9 Å². The minimum Gasteiger partial charge on any atom is -0.507 e. The minimum atomic E-state index is -6.76. The predicted molar refractivity (Wildman–Crippen MR) is 70.2 cm³/mol. The maximum atomic E-state index is 13.0. The Kier molecular flexibility index (Phi) is 5.73. The Hall–Kier alpha value is -2.16. The van der Waals surface area contributed by atoms with Crippen LogP contribution in [0, 0.1) is 0 Å². The van der Waals surface area contributed by atoms with Gasteiger partial charge in [0.1, 0.15) is 5.75 Å². The highest BCUT2D eigenvalue weighted by molar-refractivity contribution is 5.59. The molecule has 0 aliphatic heterocycles. The molecule has 0 aliphatic rings. The second-order valence-corrected chi connectivity index (χ2v) is 5.58. The zero-order valence-corrected chi connectivity index (χ0v) is 13.3. The van der Waals surface area contributed by atoms with Crippen LogP contribution in [0.15, 0.2) is 18.7 Å². The molecule has 3 N–H and O–H groups in total. The van der Waals surface area contributed by atoms with Gasteiger partial charge in [0.15, 0.2) is 0 Å². The number of hydrogen-bond acceptors (Lipinski definition) is 3. The molecule has 0 aliphatic carbocycles. The Morgan fingerprint density at radius 1 is 0.621 bits per heavy atom. The van der Waals surface area contributed by atoms with Gasteiger partial charge in [0, 0.05) is 11.1 Å². The molecule has 0 fully saturated rings. The number of phenols is 1. The number of hydrogen-bond donors (Lipinski definition) is 3. The van der Waals surface area contributed by atoms with E-state index < -0.39 is 58.3 Å². The topological polar surface area (TPSA) is 60.7 Å². The summed E-state index contributed by atoms with van der Waals surface area (Å²) in [7, 11) is 0. The quantitative estimate of drug-likeness (QED) is 0.585. The van der Waals surface area contributed by atoms with Gasteiger partial charge in [-0.1, -0.05) is 12.7 Å². The van der Waals surface area contributed by atoms with Crippen LogP contribution in [0.1, 0.15) is 16.7 Å². The van der Waals surface area contributed by atoms with E-state index >= 15 is 0 Å². The van der Waals surface area contributed by atoms with E-state index in [1.165, 1.54) is 0 Å². The molecule has 0 unspecified atom stereocenters. The lowest BCUT2D eigenvalue weighted by Crippen LogP contribution is -2.56. The lowest BCUT2D eigenvalue weighted by atomic mass is 9.82. The fourth-order valence-corrected chi connectivity index (χ4v) is 2.26. The Morgan fingerprint density at radius 3 is 1.03 bits per heavy atom. The Balaban J connectivity index is 4.22. The summed E-state index contributed by atoms with van der Waals surface area (Å²) in [6.07, 6.45) is -26.8. The van der Waals surface area contributed by atoms with Gasteiger partial charge < -0.3 is 15.3 Å². The van der Waals surface area contributed by atoms with Gasteiger partial charge >= 0.3 is 24.7 Å². The monoisotopic (exact) mass is 452 g/mol. The van der Waals surface area contributed by atoms with Gasteiger partial charge in [-0.2, -0.15) is 52.7 Å². The van der Waals surface area contributed by atoms with Gasteiger partial charge in [0.25, 0.3) is 11.2 Å². The van der Waals surface area contributed by atoms with Gasteiger partial charge in [-0.25, -0.2) is 0 Å². The van der Waals surface area contributed by atoms with Crippen molar-refractivity contribution in [2.75, 3.05) is 0 Å². The number of alkyl halides is 12. The highest BCUT2D eigenvalue weighted by atomic mass is 19.4. The van der Waals surface area contributed by atoms with Crippen LogP contribution >= 0.6 is 0 Å². The maximum Gasteiger partial charge on any atom is 0.430 e. The van der Waals surface area contributed by atoms with Gasteiger partial charge in [0.05, 0.1) is 0 Å². The molecule has 29 heavy (non-hydrogen) atoms. The molecular formula is C14H8F12O3. The summed E-state index contributed by atoms with van der Waals surface area (Å²) in [5, 5.41) is 28.1. The van der Waals surface area contributed by atoms with E-state index in [0.29, 0.717) is 0 Å². The zero-order chi connectivity index (χ0) is 23.4. The first-order valence-electron chi connectivity index (χ1n) is 6.79. The highest BCUT2D eigenvalue weighted by Crippen LogP contribution is 2.57. The third-order valence-corrected chi connectivity index (χ3v) is 3.79. The number of benzene rings is 1. The Bertz CT molecular complexity index is 698. The summed E-state index contributed by atoms with van der Waals surface area (Å²) < 4.78 is 156. The number of halogens is 12. The first kappa shape index (κ1) is 24.9. The molecule has 0 saturated carbocycles. The molecule has 15 heteroatoms. The van der Waals surface area contributed by atoms with Crippen molar-refractivity contribution < 1.29 is 68.0 Å². The SMILES string of the molecule is C=Cc1cc(C(O)(C(F)(F)F)C(F)(F)F)c(O)c(C(O)(C(F)(F)F)C(F)(F)F)c1. The van der Waals surface area contributed by atoms with E-state index in [4.69, 9.17) is 0 Å². The molecule has 0 amide bonds. The molecule has 166 valence electrons. The molecule has 0 spiro atoms. The lowest BCUT2D eigenvalue weighted by molar-refractivity contribution is -0.378. The van der Waals surface area contributed by atoms with Crippen molar-refractivity contribution in [2.24, 2.45) is 0 Å². The number of aromatic hydroxyl groups is 1. The molecule has 0 heterocycles. The smallest absolute Gasteiger partial charge is 0.430 e. The van der Waals surface area contributed by atoms with E-state index in [1.807, 2.05) is 0 Å². The van der Waals surface area contributed by atoms with E-state index in [1.54, 1.807) is 0 Å². The average Bonchev–Trinajstić information content (AvgIpc) is 2.49. The second kappa shape index (κ2) is 6.68. The maximum absolute atomic E-state index is 13.0. The molecule has 3 nitrogen and oxygen atoms in total. The molecule has 0 radical (unpaired) electrons. The second-order valence-electron chi connectivity index (χ2n) is 5.58. The van der Waals surface area contributed by atoms with Crippen molar-refractivity contribution in [3.05, 3.63) is 35.4 Å². The molecule has 1 aromatic carbocycles. The van der Waals surface area contributed by atoms with Gasteiger partial charge in [-0.15, -0.1) is 0 Å². The number of rotatable bonds is 3. The molecule has 0 bridgehead atoms. The normalized spacial score (nSPS) is 14.8. The fourth-order valence-electron chi connectivity index (χ4n) is 2.26. The molecule has 1 rings (SSSR count). The fraction of sp³-hybridized carbons (Fsp3) is 0.429. The van der Waals surface area contributed by atoms with Crippen LogP contribution < -0.4 is 0 Å². The highest BCUT2D eigenvalue weighted by Gasteiger charge is 2.75. The van der Waals surface area contributed by atoms with E-state index in [2.05, 4.69) is 6.58 Å². The summed E-state index contributed by atoms with van der Waals surface area (Å²) in [4.78, 5) is 0. The predicted octanol–water partition coefficient (Wildman–Crippen LogP) is 4.66. The van der Waals surface area contributed by atoms with Crippen LogP contribution in [0.5, 0.6) is 5.75 Å². The summed E-state index contributed by atoms with van der Waals surface area (Å²) in [6, 6.07) is -0.750. The van der Waals surface area contributed by atoms with Crippen molar-refractivity contribution in [3.63, 3.8) is 0 Å². The first-order chi connectivity index (χ1) is 12.6. The van der Waals surface area contributed by atoms with Gasteiger partial charge in [-0.3, -0.25) is 0 Å². The Labute approximate surface area is 152 Å². The lowest BCUT2D eigenvalue weighted by Gasteiger charge is -2.37. The zero-order valence-electron chi connectivity index (χ0n) is 13.3. The summed E-state index contributed by atoms with van der Waals surface area (Å²) in [5.41, 5.74) is -19.1. The van der Waals surface area contributed by atoms with Gasteiger partial charge in [-0.05, 0) is 17.7 Å². The van der Waals surface area contributed by atoms with E-state index in [9.17, 15) is 68.0 Å². The molecule has 0 aromatic heterocycles. The van der Waals surface area contributed by atoms with Crippen LogP contribution in [0.4, 0.5) is 52.7 Å². The van der Waals surface area contributed by atoms with Crippen molar-refractivity contribution >= 4 is 6.08 Å². The Morgan fingerprint density at radius 2 is 0.862 bits per heavy atom. The average molecular weight is 452 g/mol. The van der Waals surface area contributed by atoms with Crippen molar-refractivity contribution in [3.8, 4) is 5.75 Å². The van der Waals surface area contributed by atoms with Crippen LogP contribution in [0.25, 0.3) is 6.08 Å². The van der Waals surface area contributed by atoms with Crippen molar-refractivity contribution in [1.29, 1.82) is 0 Å². The van der Waals surface area contributed by atoms with Gasteiger partial charge in [0.2, 0.25) is 0 Å². The summed E-state index contributed by atoms with van der Waals surface area (Å²) in [5.74, 6) is -2.93. The molecule has 0 atom stereocenters. The largest absolute Gasteiger partial charge is 0.507 e. The third-order valence-electron chi connectivity index (χ3n) is 3.79. The number of phenolic OH excluding ortho intramolecular Hbond substituents is 1. The van der Waals surface area contributed by atoms with Crippen molar-refractivity contribution in [1.82, 2.24) is 0 Å². The first-order valence-corrected chi connectivity index (χ1v) is 6.79. The molecule has 0 saturated heterocycles. The van der Waals surface area contributed by atoms with Crippen LogP contribution in [0.2, 0.25) is 0 Å². The summed E-state index contributed by atoms with van der Waals surface area (Å²) in [6.45, 7) is 2.79. The standard InChI is InChI=1S/C14H8F12O3/c1-2-5-3-6(9(28,11(15,16)17)12(18,19)20)8(27)7(4-5)10(29,13(21,22)23)14(24,25)26/h2-4,27-29H,1H2.